The topological polar surface area (TPSA) is 209 Å². The molecule has 0 saturated heterocycles. The lowest BCUT2D eigenvalue weighted by atomic mass is 10.1. The number of carbonyl (C=O) groups excluding carboxylic acids is 6. The van der Waals surface area contributed by atoms with Gasteiger partial charge in [0.05, 0.1) is 0 Å². The van der Waals surface area contributed by atoms with Gasteiger partial charge in [-0.3, -0.25) is 44.4 Å². The van der Waals surface area contributed by atoms with E-state index in [0.717, 1.165) is 18.4 Å². The predicted molar refractivity (Wildman–Crippen MR) is 185 cm³/mol. The molecule has 0 bridgehead atoms. The number of carbonyl (C=O) groups is 6. The highest BCUT2D eigenvalue weighted by Gasteiger charge is 2.14. The maximum Gasteiger partial charge on any atom is 0.246 e. The van der Waals surface area contributed by atoms with Crippen molar-refractivity contribution in [3.63, 3.8) is 0 Å². The molecule has 282 valence electrons. The van der Waals surface area contributed by atoms with Crippen LogP contribution in [-0.4, -0.2) is 106 Å². The van der Waals surface area contributed by atoms with Crippen LogP contribution in [0.2, 0.25) is 0 Å². The third kappa shape index (κ3) is 22.5. The molecule has 0 saturated carbocycles. The van der Waals surface area contributed by atoms with Gasteiger partial charge in [0.15, 0.2) is 0 Å². The number of nitrogens with one attached hydrogen (secondary N) is 3. The van der Waals surface area contributed by atoms with Gasteiger partial charge in [-0.2, -0.15) is 0 Å². The van der Waals surface area contributed by atoms with Gasteiger partial charge in [0.25, 0.3) is 0 Å². The van der Waals surface area contributed by atoms with E-state index >= 15 is 0 Å². The van der Waals surface area contributed by atoms with Crippen molar-refractivity contribution in [3.8, 4) is 0 Å². The molecule has 0 atom stereocenters. The molecule has 0 aromatic heterocycles. The molecular formula is C35H58N6O9. The van der Waals surface area contributed by atoms with Crippen molar-refractivity contribution < 1.29 is 44.4 Å². The molecule has 1 aromatic rings. The Balaban J connectivity index is 1.99. The van der Waals surface area contributed by atoms with Crippen LogP contribution in [0, 0.1) is 6.92 Å². The van der Waals surface area contributed by atoms with Crippen molar-refractivity contribution in [1.29, 1.82) is 0 Å². The summed E-state index contributed by atoms with van der Waals surface area (Å²) in [5, 5.41) is 39.4. The third-order valence-corrected chi connectivity index (χ3v) is 7.94. The molecule has 6 N–H and O–H groups in total. The highest BCUT2D eigenvalue weighted by atomic mass is 16.5. The second-order valence-electron chi connectivity index (χ2n) is 12.4. The van der Waals surface area contributed by atoms with Crippen LogP contribution in [0.1, 0.15) is 108 Å². The highest BCUT2D eigenvalue weighted by molar-refractivity contribution is 5.83. The van der Waals surface area contributed by atoms with E-state index in [9.17, 15) is 44.4 Å². The van der Waals surface area contributed by atoms with Gasteiger partial charge in [0.1, 0.15) is 0 Å². The second kappa shape index (κ2) is 26.7. The van der Waals surface area contributed by atoms with E-state index in [1.54, 1.807) is 0 Å². The summed E-state index contributed by atoms with van der Waals surface area (Å²) in [4.78, 5) is 71.1. The number of hydrogen-bond acceptors (Lipinski definition) is 9. The van der Waals surface area contributed by atoms with Crippen LogP contribution in [0.5, 0.6) is 0 Å². The molecule has 50 heavy (non-hydrogen) atoms. The van der Waals surface area contributed by atoms with Crippen molar-refractivity contribution in [3.05, 3.63) is 35.4 Å². The summed E-state index contributed by atoms with van der Waals surface area (Å²) < 4.78 is 0. The van der Waals surface area contributed by atoms with Crippen LogP contribution in [0.15, 0.2) is 24.3 Å². The molecule has 0 spiro atoms. The summed E-state index contributed by atoms with van der Waals surface area (Å²) in [7, 11) is 0. The standard InChI is InChI=1S/C35H58N6O9/c1-28-12-14-30(15-13-28)16-17-31(43)36-22-7-4-10-26-40(49)35(47)21-19-33(45)38-24-8-5-11-27-41(50)34(46)20-18-32(44)37-23-6-3-9-25-39(48)29(2)42/h12-15,48-50H,3-11,16-27H2,1-2H3,(H,36,43)(H,37,44)(H,38,45). The van der Waals surface area contributed by atoms with Crippen LogP contribution in [-0.2, 0) is 35.2 Å². The first-order chi connectivity index (χ1) is 23.9. The van der Waals surface area contributed by atoms with E-state index < -0.39 is 17.7 Å². The number of hydrogen-bond donors (Lipinski definition) is 6. The van der Waals surface area contributed by atoms with Crippen molar-refractivity contribution in [2.24, 2.45) is 0 Å². The fourth-order valence-electron chi connectivity index (χ4n) is 4.76. The van der Waals surface area contributed by atoms with Gasteiger partial charge in [-0.1, -0.05) is 29.8 Å². The molecule has 0 aliphatic carbocycles. The first-order valence-corrected chi connectivity index (χ1v) is 17.7. The molecule has 6 amide bonds. The Hall–Kier alpha value is -4.08. The summed E-state index contributed by atoms with van der Waals surface area (Å²) >= 11 is 0. The normalized spacial score (nSPS) is 10.7. The number of aryl methyl sites for hydroxylation is 2. The van der Waals surface area contributed by atoms with Crippen LogP contribution in [0.3, 0.4) is 0 Å². The summed E-state index contributed by atoms with van der Waals surface area (Å²) in [5.74, 6) is -2.14. The van der Waals surface area contributed by atoms with E-state index in [2.05, 4.69) is 16.0 Å². The maximum absolute atomic E-state index is 12.1. The molecular weight excluding hydrogens is 648 g/mol. The minimum Gasteiger partial charge on any atom is -0.356 e. The lowest BCUT2D eigenvalue weighted by Crippen LogP contribution is -2.31. The van der Waals surface area contributed by atoms with Crippen LogP contribution in [0.25, 0.3) is 0 Å². The van der Waals surface area contributed by atoms with Crippen LogP contribution < -0.4 is 16.0 Å². The Morgan fingerprint density at radius 1 is 0.520 bits per heavy atom. The molecule has 0 heterocycles. The largest absolute Gasteiger partial charge is 0.356 e. The lowest BCUT2D eigenvalue weighted by Gasteiger charge is -2.15. The van der Waals surface area contributed by atoms with Gasteiger partial charge in [0.2, 0.25) is 35.4 Å². The Morgan fingerprint density at radius 3 is 1.30 bits per heavy atom. The van der Waals surface area contributed by atoms with Crippen molar-refractivity contribution in [2.45, 2.75) is 110 Å². The number of benzene rings is 1. The quantitative estimate of drug-likeness (QED) is 0.0451. The number of rotatable bonds is 27. The Labute approximate surface area is 295 Å². The minimum absolute atomic E-state index is 0.00682. The van der Waals surface area contributed by atoms with E-state index in [4.69, 9.17) is 0 Å². The highest BCUT2D eigenvalue weighted by Crippen LogP contribution is 2.07. The number of unbranched alkanes of at least 4 members (excludes halogenated alkanes) is 6. The first kappa shape index (κ1) is 43.9. The van der Waals surface area contributed by atoms with Gasteiger partial charge < -0.3 is 16.0 Å². The van der Waals surface area contributed by atoms with E-state index in [1.165, 1.54) is 12.5 Å². The molecule has 1 rings (SSSR count). The van der Waals surface area contributed by atoms with Crippen molar-refractivity contribution in [2.75, 3.05) is 39.3 Å². The summed E-state index contributed by atoms with van der Waals surface area (Å²) in [6.45, 7) is 5.08. The summed E-state index contributed by atoms with van der Waals surface area (Å²) in [6, 6.07) is 8.10. The first-order valence-electron chi connectivity index (χ1n) is 17.7. The third-order valence-electron chi connectivity index (χ3n) is 7.94. The lowest BCUT2D eigenvalue weighted by molar-refractivity contribution is -0.166. The fourth-order valence-corrected chi connectivity index (χ4v) is 4.76. The molecule has 0 fully saturated rings. The average molecular weight is 707 g/mol. The Morgan fingerprint density at radius 2 is 0.900 bits per heavy atom. The van der Waals surface area contributed by atoms with Crippen molar-refractivity contribution >= 4 is 35.4 Å². The number of amides is 6. The number of hydroxylamine groups is 6. The zero-order chi connectivity index (χ0) is 37.1. The van der Waals surface area contributed by atoms with Crippen LogP contribution in [0.4, 0.5) is 0 Å². The average Bonchev–Trinajstić information content (AvgIpc) is 3.09. The van der Waals surface area contributed by atoms with Crippen molar-refractivity contribution in [1.82, 2.24) is 31.1 Å². The van der Waals surface area contributed by atoms with E-state index in [0.29, 0.717) is 92.6 Å². The summed E-state index contributed by atoms with van der Waals surface area (Å²) in [6.07, 6.45) is 6.49. The monoisotopic (exact) mass is 706 g/mol. The zero-order valence-electron chi connectivity index (χ0n) is 29.8. The SMILES string of the molecule is CC(=O)N(O)CCCCCNC(=O)CCC(=O)N(O)CCCCCNC(=O)CCC(=O)N(O)CCCCCNC(=O)CCc1ccc(C)cc1. The predicted octanol–water partition coefficient (Wildman–Crippen LogP) is 3.02. The molecule has 15 nitrogen and oxygen atoms in total. The van der Waals surface area contributed by atoms with E-state index in [-0.39, 0.29) is 63.0 Å². The molecule has 15 heteroatoms. The maximum atomic E-state index is 12.1. The van der Waals surface area contributed by atoms with Gasteiger partial charge in [-0.15, -0.1) is 0 Å². The molecule has 0 aliphatic rings. The van der Waals surface area contributed by atoms with Crippen LogP contribution >= 0.6 is 0 Å². The molecule has 0 aliphatic heterocycles. The summed E-state index contributed by atoms with van der Waals surface area (Å²) in [5.41, 5.74) is 2.30. The minimum atomic E-state index is -0.558. The van der Waals surface area contributed by atoms with Gasteiger partial charge >= 0.3 is 0 Å². The Kier molecular flexibility index (Phi) is 23.5. The smallest absolute Gasteiger partial charge is 0.246 e. The zero-order valence-corrected chi connectivity index (χ0v) is 29.8. The second-order valence-corrected chi connectivity index (χ2v) is 12.4. The van der Waals surface area contributed by atoms with Gasteiger partial charge in [-0.05, 0) is 76.7 Å². The van der Waals surface area contributed by atoms with Gasteiger partial charge in [-0.25, -0.2) is 15.2 Å². The molecule has 0 unspecified atom stereocenters. The Bertz CT molecular complexity index is 1180. The fraction of sp³-hybridized carbons (Fsp3) is 0.657. The number of nitrogens with zero attached hydrogens (tertiary/aromatic N) is 3. The van der Waals surface area contributed by atoms with E-state index in [1.807, 2.05) is 31.2 Å². The van der Waals surface area contributed by atoms with Gasteiger partial charge in [0, 0.05) is 78.3 Å². The molecule has 1 aromatic carbocycles. The molecule has 0 radical (unpaired) electrons.